The first-order valence-corrected chi connectivity index (χ1v) is 7.11. The van der Waals surface area contributed by atoms with E-state index in [0.717, 1.165) is 0 Å². The highest BCUT2D eigenvalue weighted by molar-refractivity contribution is 8.13. The Bertz CT molecular complexity index is 501. The Labute approximate surface area is 104 Å². The molecular weight excluding hydrogens is 271 g/mol. The summed E-state index contributed by atoms with van der Waals surface area (Å²) in [6.45, 7) is -0.729. The van der Waals surface area contributed by atoms with Crippen molar-refractivity contribution < 1.29 is 22.3 Å². The molecule has 0 saturated heterocycles. The average Bonchev–Trinajstić information content (AvgIpc) is 2.26. The molecule has 96 valence electrons. The maximum Gasteiger partial charge on any atom is 0.236 e. The summed E-state index contributed by atoms with van der Waals surface area (Å²) in [5.41, 5.74) is 0.622. The molecule has 4 nitrogen and oxygen atoms in total. The van der Waals surface area contributed by atoms with Gasteiger partial charge in [0.25, 0.3) is 0 Å². The molecule has 0 unspecified atom stereocenters. The van der Waals surface area contributed by atoms with Gasteiger partial charge in [-0.15, -0.1) is 0 Å². The smallest absolute Gasteiger partial charge is 0.236 e. The lowest BCUT2D eigenvalue weighted by Gasteiger charge is -2.12. The van der Waals surface area contributed by atoms with Gasteiger partial charge in [0.1, 0.15) is 18.2 Å². The molecule has 0 aromatic heterocycles. The lowest BCUT2D eigenvalue weighted by Crippen LogP contribution is -2.01. The molecule has 7 heteroatoms. The van der Waals surface area contributed by atoms with Crippen molar-refractivity contribution in [2.45, 2.75) is 12.4 Å². The van der Waals surface area contributed by atoms with Crippen LogP contribution in [-0.4, -0.2) is 22.6 Å². The van der Waals surface area contributed by atoms with Crippen molar-refractivity contribution in [3.63, 3.8) is 0 Å². The summed E-state index contributed by atoms with van der Waals surface area (Å²) in [4.78, 5) is 0. The van der Waals surface area contributed by atoms with Crippen molar-refractivity contribution in [2.75, 3.05) is 14.2 Å². The third kappa shape index (κ3) is 3.74. The number of methoxy groups -OCH3 is 2. The molecule has 17 heavy (non-hydrogen) atoms. The van der Waals surface area contributed by atoms with Crippen molar-refractivity contribution in [3.05, 3.63) is 23.3 Å². The molecule has 0 aliphatic rings. The Hall–Kier alpha value is -1.01. The summed E-state index contributed by atoms with van der Waals surface area (Å²) in [5.74, 6) is 0.131. The van der Waals surface area contributed by atoms with Crippen LogP contribution in [0.2, 0.25) is 0 Å². The van der Waals surface area contributed by atoms with Crippen LogP contribution in [0.5, 0.6) is 11.5 Å². The quantitative estimate of drug-likeness (QED) is 0.777. The Kier molecular flexibility index (Phi) is 4.59. The highest BCUT2D eigenvalue weighted by Crippen LogP contribution is 2.31. The second-order valence-corrected chi connectivity index (χ2v) is 6.07. The van der Waals surface area contributed by atoms with Gasteiger partial charge in [0, 0.05) is 21.8 Å². The molecule has 0 radical (unpaired) electrons. The van der Waals surface area contributed by atoms with Gasteiger partial charge in [0.15, 0.2) is 0 Å². The van der Waals surface area contributed by atoms with Crippen LogP contribution in [0.4, 0.5) is 4.39 Å². The summed E-state index contributed by atoms with van der Waals surface area (Å²) in [6, 6.07) is 2.81. The summed E-state index contributed by atoms with van der Waals surface area (Å²) >= 11 is 0. The Morgan fingerprint density at radius 1 is 1.18 bits per heavy atom. The van der Waals surface area contributed by atoms with Gasteiger partial charge in [-0.25, -0.2) is 12.8 Å². The first-order valence-electron chi connectivity index (χ1n) is 4.63. The average molecular weight is 283 g/mol. The normalized spacial score (nSPS) is 11.3. The molecule has 0 aliphatic heterocycles. The lowest BCUT2D eigenvalue weighted by molar-refractivity contribution is 0.383. The number of rotatable bonds is 5. The van der Waals surface area contributed by atoms with E-state index in [4.69, 9.17) is 20.2 Å². The second kappa shape index (κ2) is 5.55. The molecule has 0 fully saturated rings. The number of hydrogen-bond acceptors (Lipinski definition) is 4. The maximum atomic E-state index is 12.7. The largest absolute Gasteiger partial charge is 0.496 e. The first-order chi connectivity index (χ1) is 7.91. The van der Waals surface area contributed by atoms with E-state index in [1.54, 1.807) is 0 Å². The minimum Gasteiger partial charge on any atom is -0.496 e. The number of ether oxygens (including phenoxy) is 2. The number of alkyl halides is 1. The van der Waals surface area contributed by atoms with Gasteiger partial charge < -0.3 is 9.47 Å². The first kappa shape index (κ1) is 14.1. The molecule has 0 heterocycles. The van der Waals surface area contributed by atoms with Crippen LogP contribution >= 0.6 is 10.7 Å². The monoisotopic (exact) mass is 282 g/mol. The molecule has 1 rings (SSSR count). The molecular formula is C10H12ClFO4S. The van der Waals surface area contributed by atoms with Crippen LogP contribution in [0.3, 0.4) is 0 Å². The maximum absolute atomic E-state index is 12.7. The molecule has 0 N–H and O–H groups in total. The van der Waals surface area contributed by atoms with E-state index in [-0.39, 0.29) is 11.5 Å². The minimum absolute atomic E-state index is 0.266. The van der Waals surface area contributed by atoms with Crippen LogP contribution in [-0.2, 0) is 21.5 Å². The lowest BCUT2D eigenvalue weighted by atomic mass is 10.1. The summed E-state index contributed by atoms with van der Waals surface area (Å²) in [6.07, 6.45) is 0. The van der Waals surface area contributed by atoms with Gasteiger partial charge in [-0.05, 0) is 12.1 Å². The van der Waals surface area contributed by atoms with Crippen molar-refractivity contribution in [3.8, 4) is 11.5 Å². The fourth-order valence-corrected chi connectivity index (χ4v) is 2.38. The van der Waals surface area contributed by atoms with Crippen LogP contribution in [0.15, 0.2) is 12.1 Å². The van der Waals surface area contributed by atoms with E-state index in [1.807, 2.05) is 0 Å². The second-order valence-electron chi connectivity index (χ2n) is 3.29. The Morgan fingerprint density at radius 2 is 1.65 bits per heavy atom. The topological polar surface area (TPSA) is 52.6 Å². The van der Waals surface area contributed by atoms with E-state index in [1.165, 1.54) is 26.4 Å². The van der Waals surface area contributed by atoms with E-state index in [9.17, 15) is 12.8 Å². The van der Waals surface area contributed by atoms with Gasteiger partial charge in [-0.1, -0.05) is 0 Å². The number of hydrogen-bond donors (Lipinski definition) is 0. The minimum atomic E-state index is -3.71. The summed E-state index contributed by atoms with van der Waals surface area (Å²) in [5, 5.41) is 0. The van der Waals surface area contributed by atoms with Gasteiger partial charge in [-0.2, -0.15) is 0 Å². The number of benzene rings is 1. The van der Waals surface area contributed by atoms with Gasteiger partial charge >= 0.3 is 0 Å². The van der Waals surface area contributed by atoms with Crippen LogP contribution in [0.25, 0.3) is 0 Å². The van der Waals surface area contributed by atoms with Crippen molar-refractivity contribution in [1.82, 2.24) is 0 Å². The van der Waals surface area contributed by atoms with Crippen LogP contribution in [0, 0.1) is 0 Å². The Balaban J connectivity index is 3.28. The van der Waals surface area contributed by atoms with Gasteiger partial charge in [0.2, 0.25) is 9.05 Å². The molecule has 0 saturated carbocycles. The van der Waals surface area contributed by atoms with Gasteiger partial charge in [-0.3, -0.25) is 0 Å². The highest BCUT2D eigenvalue weighted by atomic mass is 35.7. The van der Waals surface area contributed by atoms with Crippen molar-refractivity contribution in [1.29, 1.82) is 0 Å². The molecule has 1 aromatic rings. The predicted molar refractivity (Wildman–Crippen MR) is 62.8 cm³/mol. The van der Waals surface area contributed by atoms with Crippen molar-refractivity contribution in [2.24, 2.45) is 0 Å². The predicted octanol–water partition coefficient (Wildman–Crippen LogP) is 2.24. The fourth-order valence-electron chi connectivity index (χ4n) is 1.43. The molecule has 0 atom stereocenters. The van der Waals surface area contributed by atoms with E-state index < -0.39 is 21.5 Å². The van der Waals surface area contributed by atoms with Crippen LogP contribution in [0.1, 0.15) is 11.1 Å². The fraction of sp³-hybridized carbons (Fsp3) is 0.400. The summed E-state index contributed by atoms with van der Waals surface area (Å²) < 4.78 is 44.7. The molecule has 0 aliphatic carbocycles. The zero-order chi connectivity index (χ0) is 13.1. The van der Waals surface area contributed by atoms with E-state index >= 15 is 0 Å². The highest BCUT2D eigenvalue weighted by Gasteiger charge is 2.16. The zero-order valence-corrected chi connectivity index (χ0v) is 10.9. The SMILES string of the molecule is COc1cc(CS(=O)(=O)Cl)c(OC)cc1CF. The molecule has 0 bridgehead atoms. The van der Waals surface area contributed by atoms with Crippen molar-refractivity contribution >= 4 is 19.7 Å². The Morgan fingerprint density at radius 3 is 2.06 bits per heavy atom. The number of halogens is 2. The zero-order valence-electron chi connectivity index (χ0n) is 9.37. The van der Waals surface area contributed by atoms with Gasteiger partial charge in [0.05, 0.1) is 20.0 Å². The van der Waals surface area contributed by atoms with E-state index in [0.29, 0.717) is 11.1 Å². The molecule has 0 spiro atoms. The molecule has 0 amide bonds. The molecule has 1 aromatic carbocycles. The van der Waals surface area contributed by atoms with E-state index in [2.05, 4.69) is 0 Å². The third-order valence-electron chi connectivity index (χ3n) is 2.16. The summed E-state index contributed by atoms with van der Waals surface area (Å²) in [7, 11) is 4.20. The third-order valence-corrected chi connectivity index (χ3v) is 3.14. The van der Waals surface area contributed by atoms with Crippen LogP contribution < -0.4 is 9.47 Å². The standard InChI is InChI=1S/C10H12ClFO4S/c1-15-9-4-8(6-17(11,13)14)10(16-2)3-7(9)5-12/h3-4H,5-6H2,1-2H3.